The Morgan fingerprint density at radius 3 is 3.06 bits per heavy atom. The Balaban J connectivity index is 1.97. The lowest BCUT2D eigenvalue weighted by Crippen LogP contribution is -2.22. The second kappa shape index (κ2) is 3.77. The summed E-state index contributed by atoms with van der Waals surface area (Å²) in [6, 6.07) is 5.39. The van der Waals surface area contributed by atoms with Crippen LogP contribution in [0.25, 0.3) is 11.1 Å². The summed E-state index contributed by atoms with van der Waals surface area (Å²) in [4.78, 5) is 4.35. The van der Waals surface area contributed by atoms with Gasteiger partial charge in [0.25, 0.3) is 0 Å². The fraction of sp³-hybridized carbons (Fsp3) is 0.364. The lowest BCUT2D eigenvalue weighted by Gasteiger charge is -2.19. The third-order valence-corrected chi connectivity index (χ3v) is 2.52. The number of rotatable bonds is 1. The number of oxazole rings is 1. The molecule has 84 valence electrons. The van der Waals surface area contributed by atoms with E-state index in [2.05, 4.69) is 4.98 Å². The molecule has 1 aromatic heterocycles. The van der Waals surface area contributed by atoms with Crippen LogP contribution >= 0.6 is 0 Å². The van der Waals surface area contributed by atoms with E-state index in [0.29, 0.717) is 37.0 Å². The van der Waals surface area contributed by atoms with Crippen molar-refractivity contribution in [2.45, 2.75) is 6.10 Å². The number of aromatic nitrogens is 1. The van der Waals surface area contributed by atoms with Crippen LogP contribution in [0.4, 0.5) is 5.69 Å². The van der Waals surface area contributed by atoms with E-state index >= 15 is 0 Å². The Labute approximate surface area is 92.1 Å². The number of nitrogen functional groups attached to an aromatic ring is 1. The van der Waals surface area contributed by atoms with Gasteiger partial charge in [-0.05, 0) is 12.1 Å². The maximum atomic E-state index is 5.67. The zero-order valence-corrected chi connectivity index (χ0v) is 8.68. The second-order valence-corrected chi connectivity index (χ2v) is 3.71. The van der Waals surface area contributed by atoms with Crippen molar-refractivity contribution < 1.29 is 13.9 Å². The van der Waals surface area contributed by atoms with Gasteiger partial charge in [0.05, 0.1) is 19.8 Å². The molecule has 1 saturated heterocycles. The van der Waals surface area contributed by atoms with Crippen LogP contribution in [0.2, 0.25) is 0 Å². The summed E-state index contributed by atoms with van der Waals surface area (Å²) >= 11 is 0. The molecular formula is C11H12N2O3. The van der Waals surface area contributed by atoms with Gasteiger partial charge in [-0.2, -0.15) is 0 Å². The van der Waals surface area contributed by atoms with Gasteiger partial charge in [-0.25, -0.2) is 4.98 Å². The molecule has 2 heterocycles. The molecule has 1 aliphatic heterocycles. The Bertz CT molecular complexity index is 503. The summed E-state index contributed by atoms with van der Waals surface area (Å²) in [5, 5.41) is 0. The SMILES string of the molecule is Nc1ccc2nc(C3COCCO3)oc2c1. The van der Waals surface area contributed by atoms with E-state index in [1.165, 1.54) is 0 Å². The first kappa shape index (κ1) is 9.62. The van der Waals surface area contributed by atoms with Gasteiger partial charge in [-0.3, -0.25) is 0 Å². The number of anilines is 1. The largest absolute Gasteiger partial charge is 0.438 e. The molecule has 1 unspecified atom stereocenters. The molecule has 1 fully saturated rings. The lowest BCUT2D eigenvalue weighted by atomic mass is 10.3. The molecule has 2 aromatic rings. The third kappa shape index (κ3) is 1.64. The maximum absolute atomic E-state index is 5.67. The van der Waals surface area contributed by atoms with E-state index in [1.807, 2.05) is 6.07 Å². The van der Waals surface area contributed by atoms with E-state index in [9.17, 15) is 0 Å². The molecule has 0 aliphatic carbocycles. The summed E-state index contributed by atoms with van der Waals surface area (Å²) in [5.41, 5.74) is 7.81. The monoisotopic (exact) mass is 220 g/mol. The highest BCUT2D eigenvalue weighted by Gasteiger charge is 2.22. The molecule has 0 saturated carbocycles. The van der Waals surface area contributed by atoms with Crippen LogP contribution in [0, 0.1) is 0 Å². The fourth-order valence-electron chi connectivity index (χ4n) is 1.73. The van der Waals surface area contributed by atoms with Gasteiger partial charge in [-0.1, -0.05) is 0 Å². The first-order chi connectivity index (χ1) is 7.83. The molecule has 1 aromatic carbocycles. The van der Waals surface area contributed by atoms with Crippen molar-refractivity contribution in [3.05, 3.63) is 24.1 Å². The molecule has 0 amide bonds. The molecule has 3 rings (SSSR count). The molecule has 0 bridgehead atoms. The maximum Gasteiger partial charge on any atom is 0.227 e. The highest BCUT2D eigenvalue weighted by atomic mass is 16.6. The minimum absolute atomic E-state index is 0.206. The second-order valence-electron chi connectivity index (χ2n) is 3.71. The molecule has 5 nitrogen and oxygen atoms in total. The average Bonchev–Trinajstić information content (AvgIpc) is 2.73. The van der Waals surface area contributed by atoms with Crippen molar-refractivity contribution in [1.29, 1.82) is 0 Å². The molecule has 5 heteroatoms. The first-order valence-electron chi connectivity index (χ1n) is 5.18. The Morgan fingerprint density at radius 2 is 2.25 bits per heavy atom. The van der Waals surface area contributed by atoms with Gasteiger partial charge in [0.1, 0.15) is 5.52 Å². The first-order valence-corrected chi connectivity index (χ1v) is 5.18. The van der Waals surface area contributed by atoms with Gasteiger partial charge in [0, 0.05) is 11.8 Å². The topological polar surface area (TPSA) is 70.5 Å². The van der Waals surface area contributed by atoms with Gasteiger partial charge < -0.3 is 19.6 Å². The van der Waals surface area contributed by atoms with Gasteiger partial charge in [-0.15, -0.1) is 0 Å². The number of nitrogens with two attached hydrogens (primary N) is 1. The predicted molar refractivity (Wildman–Crippen MR) is 57.9 cm³/mol. The molecule has 1 aliphatic rings. The van der Waals surface area contributed by atoms with Gasteiger partial charge in [0.2, 0.25) is 5.89 Å². The molecule has 1 atom stereocenters. The van der Waals surface area contributed by atoms with Crippen molar-refractivity contribution in [3.63, 3.8) is 0 Å². The molecule has 0 spiro atoms. The Kier molecular flexibility index (Phi) is 2.27. The molecule has 0 radical (unpaired) electrons. The quantitative estimate of drug-likeness (QED) is 0.737. The van der Waals surface area contributed by atoms with Crippen LogP contribution in [0.1, 0.15) is 12.0 Å². The molecule has 2 N–H and O–H groups in total. The summed E-state index contributed by atoms with van der Waals surface area (Å²) in [5.74, 6) is 0.556. The number of hydrogen-bond acceptors (Lipinski definition) is 5. The van der Waals surface area contributed by atoms with Crippen molar-refractivity contribution in [2.75, 3.05) is 25.6 Å². The van der Waals surface area contributed by atoms with Crippen LogP contribution in [0.5, 0.6) is 0 Å². The summed E-state index contributed by atoms with van der Waals surface area (Å²) in [7, 11) is 0. The van der Waals surface area contributed by atoms with E-state index in [0.717, 1.165) is 5.52 Å². The van der Waals surface area contributed by atoms with Crippen molar-refractivity contribution in [1.82, 2.24) is 4.98 Å². The molecule has 16 heavy (non-hydrogen) atoms. The smallest absolute Gasteiger partial charge is 0.227 e. The standard InChI is InChI=1S/C11H12N2O3/c12-7-1-2-8-9(5-7)16-11(13-8)10-6-14-3-4-15-10/h1-2,5,10H,3-4,6,12H2. The number of nitrogens with zero attached hydrogens (tertiary/aromatic N) is 1. The summed E-state index contributed by atoms with van der Waals surface area (Å²) in [6.45, 7) is 1.69. The molecular weight excluding hydrogens is 208 g/mol. The van der Waals surface area contributed by atoms with Crippen molar-refractivity contribution in [3.8, 4) is 0 Å². The third-order valence-electron chi connectivity index (χ3n) is 2.52. The van der Waals surface area contributed by atoms with E-state index in [4.69, 9.17) is 19.6 Å². The van der Waals surface area contributed by atoms with Crippen LogP contribution in [0.3, 0.4) is 0 Å². The van der Waals surface area contributed by atoms with Gasteiger partial charge in [0.15, 0.2) is 11.7 Å². The minimum atomic E-state index is -0.206. The zero-order valence-electron chi connectivity index (χ0n) is 8.68. The fourth-order valence-corrected chi connectivity index (χ4v) is 1.73. The average molecular weight is 220 g/mol. The van der Waals surface area contributed by atoms with Crippen LogP contribution in [-0.2, 0) is 9.47 Å². The number of ether oxygens (including phenoxy) is 2. The zero-order chi connectivity index (χ0) is 11.0. The minimum Gasteiger partial charge on any atom is -0.438 e. The number of fused-ring (bicyclic) bond motifs is 1. The van der Waals surface area contributed by atoms with E-state index in [1.54, 1.807) is 12.1 Å². The van der Waals surface area contributed by atoms with E-state index < -0.39 is 0 Å². The summed E-state index contributed by atoms with van der Waals surface area (Å²) in [6.07, 6.45) is -0.206. The van der Waals surface area contributed by atoms with Crippen LogP contribution in [-0.4, -0.2) is 24.8 Å². The van der Waals surface area contributed by atoms with Crippen LogP contribution < -0.4 is 5.73 Å². The Morgan fingerprint density at radius 1 is 1.31 bits per heavy atom. The van der Waals surface area contributed by atoms with Crippen molar-refractivity contribution >= 4 is 16.8 Å². The van der Waals surface area contributed by atoms with Crippen molar-refractivity contribution in [2.24, 2.45) is 0 Å². The lowest BCUT2D eigenvalue weighted by molar-refractivity contribution is -0.0991. The highest BCUT2D eigenvalue weighted by Crippen LogP contribution is 2.25. The van der Waals surface area contributed by atoms with E-state index in [-0.39, 0.29) is 6.10 Å². The predicted octanol–water partition coefficient (Wildman–Crippen LogP) is 1.50. The Hall–Kier alpha value is -1.59. The van der Waals surface area contributed by atoms with Crippen LogP contribution in [0.15, 0.2) is 22.6 Å². The highest BCUT2D eigenvalue weighted by molar-refractivity contribution is 5.76. The summed E-state index contributed by atoms with van der Waals surface area (Å²) < 4.78 is 16.4. The van der Waals surface area contributed by atoms with Gasteiger partial charge >= 0.3 is 0 Å². The normalized spacial score (nSPS) is 21.4. The number of hydrogen-bond donors (Lipinski definition) is 1. The number of benzene rings is 1.